The molecule has 13 heavy (non-hydrogen) atoms. The van der Waals surface area contributed by atoms with Crippen LogP contribution >= 0.6 is 0 Å². The van der Waals surface area contributed by atoms with Crippen molar-refractivity contribution in [3.8, 4) is 0 Å². The van der Waals surface area contributed by atoms with Gasteiger partial charge < -0.3 is 0 Å². The van der Waals surface area contributed by atoms with Crippen molar-refractivity contribution in [1.29, 1.82) is 0 Å². The van der Waals surface area contributed by atoms with Crippen LogP contribution in [-0.2, 0) is 0 Å². The molecule has 1 aliphatic rings. The lowest BCUT2D eigenvalue weighted by atomic mass is 9.84. The first-order valence-electron chi connectivity index (χ1n) is 4.76. The Hall–Kier alpha value is -1.18. The number of nitrogens with zero attached hydrogens (tertiary/aromatic N) is 2. The summed E-state index contributed by atoms with van der Waals surface area (Å²) in [5.74, 6) is 1.56. The second-order valence-electron chi connectivity index (χ2n) is 3.69. The first-order valence-corrected chi connectivity index (χ1v) is 4.76. The Balaban J connectivity index is 2.27. The van der Waals surface area contributed by atoms with Gasteiger partial charge in [-0.15, -0.1) is 0 Å². The molecule has 1 heterocycles. The molecule has 0 N–H and O–H groups in total. The maximum atomic E-state index is 4.55. The van der Waals surface area contributed by atoms with Crippen LogP contribution in [0, 0.1) is 12.8 Å². The van der Waals surface area contributed by atoms with E-state index in [1.165, 1.54) is 12.1 Å². The number of aliphatic imine (C=N–C) groups is 1. The van der Waals surface area contributed by atoms with Crippen molar-refractivity contribution in [1.82, 2.24) is 4.98 Å². The zero-order valence-corrected chi connectivity index (χ0v) is 8.12. The van der Waals surface area contributed by atoms with Gasteiger partial charge in [0.25, 0.3) is 0 Å². The van der Waals surface area contributed by atoms with E-state index in [1.54, 1.807) is 6.20 Å². The number of aromatic nitrogens is 1. The van der Waals surface area contributed by atoms with Gasteiger partial charge >= 0.3 is 0 Å². The van der Waals surface area contributed by atoms with Crippen LogP contribution in [0.1, 0.15) is 25.3 Å². The first-order chi connectivity index (χ1) is 6.27. The summed E-state index contributed by atoms with van der Waals surface area (Å²) in [6, 6.07) is 4.00. The van der Waals surface area contributed by atoms with Crippen LogP contribution in [0.4, 0.5) is 5.82 Å². The van der Waals surface area contributed by atoms with E-state index in [9.17, 15) is 0 Å². The van der Waals surface area contributed by atoms with Crippen LogP contribution in [0.3, 0.4) is 0 Å². The summed E-state index contributed by atoms with van der Waals surface area (Å²) in [5, 5.41) is 0. The molecule has 0 aromatic carbocycles. The fourth-order valence-corrected chi connectivity index (χ4v) is 1.46. The molecule has 0 bridgehead atoms. The van der Waals surface area contributed by atoms with Gasteiger partial charge in [-0.05, 0) is 37.3 Å². The van der Waals surface area contributed by atoms with E-state index in [2.05, 4.69) is 29.9 Å². The highest BCUT2D eigenvalue weighted by Gasteiger charge is 2.21. The van der Waals surface area contributed by atoms with E-state index < -0.39 is 0 Å². The fourth-order valence-electron chi connectivity index (χ4n) is 1.46. The highest BCUT2D eigenvalue weighted by atomic mass is 14.9. The van der Waals surface area contributed by atoms with Crippen molar-refractivity contribution in [3.05, 3.63) is 23.9 Å². The second-order valence-corrected chi connectivity index (χ2v) is 3.69. The third-order valence-electron chi connectivity index (χ3n) is 2.63. The monoisotopic (exact) mass is 174 g/mol. The van der Waals surface area contributed by atoms with Gasteiger partial charge in [0.2, 0.25) is 0 Å². The van der Waals surface area contributed by atoms with Crippen molar-refractivity contribution in [2.75, 3.05) is 0 Å². The molecule has 2 heteroatoms. The van der Waals surface area contributed by atoms with Gasteiger partial charge in [-0.25, -0.2) is 9.98 Å². The van der Waals surface area contributed by atoms with Crippen molar-refractivity contribution < 1.29 is 0 Å². The molecule has 0 amide bonds. The number of pyridine rings is 1. The van der Waals surface area contributed by atoms with Crippen molar-refractivity contribution >= 4 is 11.5 Å². The largest absolute Gasteiger partial charge is 0.238 e. The second kappa shape index (κ2) is 3.29. The van der Waals surface area contributed by atoms with Crippen LogP contribution in [0.2, 0.25) is 0 Å². The smallest absolute Gasteiger partial charge is 0.154 e. The lowest BCUT2D eigenvalue weighted by Gasteiger charge is -2.24. The molecule has 2 rings (SSSR count). The molecule has 1 saturated carbocycles. The van der Waals surface area contributed by atoms with Crippen molar-refractivity contribution in [3.63, 3.8) is 0 Å². The SMILES string of the molecule is Cc1cccnc1/N=C1/CCC1C. The van der Waals surface area contributed by atoms with E-state index in [0.29, 0.717) is 5.92 Å². The number of aryl methyl sites for hydroxylation is 1. The Morgan fingerprint density at radius 1 is 1.54 bits per heavy atom. The van der Waals surface area contributed by atoms with Crippen LogP contribution in [0.5, 0.6) is 0 Å². The summed E-state index contributed by atoms with van der Waals surface area (Å²) in [7, 11) is 0. The molecule has 1 aromatic heterocycles. The lowest BCUT2D eigenvalue weighted by molar-refractivity contribution is 0.604. The molecular formula is C11H14N2. The third kappa shape index (κ3) is 1.62. The number of hydrogen-bond donors (Lipinski definition) is 0. The van der Waals surface area contributed by atoms with Crippen molar-refractivity contribution in [2.45, 2.75) is 26.7 Å². The molecule has 1 aromatic rings. The molecule has 1 fully saturated rings. The standard InChI is InChI=1S/C11H14N2/c1-8-5-6-10(8)13-11-9(2)4-3-7-12-11/h3-4,7-8H,5-6H2,1-2H3/b13-10-. The minimum atomic E-state index is 0.668. The Morgan fingerprint density at radius 3 is 2.92 bits per heavy atom. The summed E-state index contributed by atoms with van der Waals surface area (Å²) < 4.78 is 0. The summed E-state index contributed by atoms with van der Waals surface area (Å²) in [6.07, 6.45) is 4.23. The molecule has 2 nitrogen and oxygen atoms in total. The van der Waals surface area contributed by atoms with Gasteiger partial charge in [0.15, 0.2) is 5.82 Å². The number of rotatable bonds is 1. The Kier molecular flexibility index (Phi) is 2.13. The van der Waals surface area contributed by atoms with Gasteiger partial charge in [-0.3, -0.25) is 0 Å². The van der Waals surface area contributed by atoms with Crippen LogP contribution in [0.25, 0.3) is 0 Å². The normalized spacial score (nSPS) is 24.5. The molecule has 68 valence electrons. The van der Waals surface area contributed by atoms with Crippen LogP contribution in [-0.4, -0.2) is 10.7 Å². The van der Waals surface area contributed by atoms with E-state index in [-0.39, 0.29) is 0 Å². The van der Waals surface area contributed by atoms with Crippen molar-refractivity contribution in [2.24, 2.45) is 10.9 Å². The molecule has 0 spiro atoms. The molecule has 1 aliphatic carbocycles. The molecular weight excluding hydrogens is 160 g/mol. The van der Waals surface area contributed by atoms with Crippen LogP contribution in [0.15, 0.2) is 23.3 Å². The fraction of sp³-hybridized carbons (Fsp3) is 0.455. The maximum Gasteiger partial charge on any atom is 0.154 e. The summed E-state index contributed by atoms with van der Waals surface area (Å²) in [6.45, 7) is 4.27. The summed E-state index contributed by atoms with van der Waals surface area (Å²) in [4.78, 5) is 8.80. The zero-order chi connectivity index (χ0) is 9.26. The van der Waals surface area contributed by atoms with Gasteiger partial charge in [-0.2, -0.15) is 0 Å². The van der Waals surface area contributed by atoms with E-state index >= 15 is 0 Å². The third-order valence-corrected chi connectivity index (χ3v) is 2.63. The highest BCUT2D eigenvalue weighted by Crippen LogP contribution is 2.26. The first kappa shape index (κ1) is 8.42. The topological polar surface area (TPSA) is 25.2 Å². The lowest BCUT2D eigenvalue weighted by Crippen LogP contribution is -2.22. The number of hydrogen-bond acceptors (Lipinski definition) is 2. The molecule has 1 unspecified atom stereocenters. The van der Waals surface area contributed by atoms with Gasteiger partial charge in [-0.1, -0.05) is 13.0 Å². The quantitative estimate of drug-likeness (QED) is 0.642. The summed E-state index contributed by atoms with van der Waals surface area (Å²) in [5.41, 5.74) is 2.47. The zero-order valence-electron chi connectivity index (χ0n) is 8.12. The highest BCUT2D eigenvalue weighted by molar-refractivity contribution is 5.93. The maximum absolute atomic E-state index is 4.55. The predicted octanol–water partition coefficient (Wildman–Crippen LogP) is 2.89. The summed E-state index contributed by atoms with van der Waals surface area (Å²) >= 11 is 0. The minimum Gasteiger partial charge on any atom is -0.238 e. The van der Waals surface area contributed by atoms with E-state index in [4.69, 9.17) is 0 Å². The predicted molar refractivity (Wildman–Crippen MR) is 54.5 cm³/mol. The minimum absolute atomic E-state index is 0.668. The van der Waals surface area contributed by atoms with Crippen LogP contribution < -0.4 is 0 Å². The van der Waals surface area contributed by atoms with Gasteiger partial charge in [0.05, 0.1) is 0 Å². The van der Waals surface area contributed by atoms with E-state index in [1.807, 2.05) is 6.07 Å². The Morgan fingerprint density at radius 2 is 2.38 bits per heavy atom. The average Bonchev–Trinajstić information content (AvgIpc) is 2.14. The van der Waals surface area contributed by atoms with Gasteiger partial charge in [0.1, 0.15) is 0 Å². The van der Waals surface area contributed by atoms with E-state index in [0.717, 1.165) is 17.8 Å². The Bertz CT molecular complexity index is 342. The van der Waals surface area contributed by atoms with Gasteiger partial charge in [0, 0.05) is 11.9 Å². The molecule has 0 radical (unpaired) electrons. The molecule has 0 saturated heterocycles. The molecule has 1 atom stereocenters. The average molecular weight is 174 g/mol. The Labute approximate surface area is 78.7 Å². The molecule has 0 aliphatic heterocycles.